The zero-order chi connectivity index (χ0) is 19.3. The summed E-state index contributed by atoms with van der Waals surface area (Å²) >= 11 is 0. The van der Waals surface area contributed by atoms with Crippen molar-refractivity contribution < 1.29 is 18.9 Å². The molecule has 0 spiro atoms. The normalized spacial score (nSPS) is 12.2. The lowest BCUT2D eigenvalue weighted by Gasteiger charge is -2.17. The lowest BCUT2D eigenvalue weighted by atomic mass is 10.3. The zero-order valence-corrected chi connectivity index (χ0v) is 15.3. The van der Waals surface area contributed by atoms with E-state index in [1.54, 1.807) is 37.8 Å². The molecule has 10 heteroatoms. The largest absolute Gasteiger partial charge is 0.491 e. The molecule has 3 aromatic heterocycles. The Morgan fingerprint density at radius 3 is 2.61 bits per heavy atom. The van der Waals surface area contributed by atoms with Gasteiger partial charge in [-0.15, -0.1) is 0 Å². The maximum Gasteiger partial charge on any atom is 0.257 e. The third-order valence-corrected chi connectivity index (χ3v) is 3.81. The summed E-state index contributed by atoms with van der Waals surface area (Å²) in [5, 5.41) is 6.26. The minimum Gasteiger partial charge on any atom is -0.491 e. The molecule has 0 fully saturated rings. The Bertz CT molecular complexity index is 927. The fraction of sp³-hybridized carbons (Fsp3) is 0.222. The molecule has 1 aliphatic heterocycles. The number of hydrogen-bond acceptors (Lipinski definition) is 10. The molecule has 0 bridgehead atoms. The van der Waals surface area contributed by atoms with Gasteiger partial charge in [0.25, 0.3) is 11.8 Å². The quantitative estimate of drug-likeness (QED) is 0.659. The first-order chi connectivity index (χ1) is 13.7. The molecule has 10 nitrogen and oxygen atoms in total. The van der Waals surface area contributed by atoms with Gasteiger partial charge in [0, 0.05) is 18.3 Å². The summed E-state index contributed by atoms with van der Waals surface area (Å²) in [7, 11) is 3.08. The number of nitrogens with one attached hydrogen (secondary N) is 2. The van der Waals surface area contributed by atoms with Crippen molar-refractivity contribution in [2.75, 3.05) is 38.1 Å². The first-order valence-corrected chi connectivity index (χ1v) is 8.46. The predicted molar refractivity (Wildman–Crippen MR) is 101 cm³/mol. The number of anilines is 4. The van der Waals surface area contributed by atoms with Crippen LogP contribution in [0.5, 0.6) is 23.3 Å². The highest BCUT2D eigenvalue weighted by Crippen LogP contribution is 2.31. The van der Waals surface area contributed by atoms with Crippen LogP contribution in [0.3, 0.4) is 0 Å². The van der Waals surface area contributed by atoms with Crippen molar-refractivity contribution in [2.45, 2.75) is 0 Å². The number of rotatable bonds is 6. The highest BCUT2D eigenvalue weighted by Gasteiger charge is 2.14. The van der Waals surface area contributed by atoms with Gasteiger partial charge in [-0.2, -0.15) is 4.98 Å². The molecule has 0 unspecified atom stereocenters. The summed E-state index contributed by atoms with van der Waals surface area (Å²) in [4.78, 5) is 17.1. The second kappa shape index (κ2) is 7.82. The Morgan fingerprint density at radius 1 is 0.929 bits per heavy atom. The average Bonchev–Trinajstić information content (AvgIpc) is 2.74. The fourth-order valence-electron chi connectivity index (χ4n) is 2.57. The zero-order valence-electron chi connectivity index (χ0n) is 15.3. The molecule has 4 heterocycles. The number of aromatic nitrogens is 4. The molecule has 1 aliphatic rings. The molecule has 0 aromatic carbocycles. The Labute approximate surface area is 160 Å². The Kier molecular flexibility index (Phi) is 4.91. The molecule has 0 saturated carbocycles. The van der Waals surface area contributed by atoms with Crippen LogP contribution in [0.4, 0.5) is 23.1 Å². The number of methoxy groups -OCH3 is 2. The van der Waals surface area contributed by atoms with E-state index in [0.29, 0.717) is 53.9 Å². The van der Waals surface area contributed by atoms with Gasteiger partial charge in [-0.1, -0.05) is 0 Å². The Hall–Kier alpha value is -3.82. The van der Waals surface area contributed by atoms with Crippen LogP contribution >= 0.6 is 0 Å². The van der Waals surface area contributed by atoms with Crippen molar-refractivity contribution in [3.63, 3.8) is 0 Å². The maximum absolute atomic E-state index is 5.54. The fourth-order valence-corrected chi connectivity index (χ4v) is 2.57. The second-order valence-corrected chi connectivity index (χ2v) is 5.68. The second-order valence-electron chi connectivity index (χ2n) is 5.68. The molecule has 3 aromatic rings. The van der Waals surface area contributed by atoms with Crippen LogP contribution in [-0.4, -0.2) is 47.4 Å². The van der Waals surface area contributed by atoms with Gasteiger partial charge < -0.3 is 29.6 Å². The first kappa shape index (κ1) is 17.6. The SMILES string of the molecule is COc1cc(Nc2nccc(Nc3cnc4c(c3)OCCO4)n2)cnc1OC. The Balaban J connectivity index is 1.50. The van der Waals surface area contributed by atoms with E-state index in [2.05, 4.69) is 30.6 Å². The molecular weight excluding hydrogens is 364 g/mol. The van der Waals surface area contributed by atoms with E-state index in [1.807, 2.05) is 6.07 Å². The van der Waals surface area contributed by atoms with Gasteiger partial charge in [0.1, 0.15) is 19.0 Å². The molecule has 28 heavy (non-hydrogen) atoms. The average molecular weight is 382 g/mol. The number of fused-ring (bicyclic) bond motifs is 1. The van der Waals surface area contributed by atoms with Crippen molar-refractivity contribution in [3.05, 3.63) is 36.8 Å². The topological polar surface area (TPSA) is 113 Å². The Morgan fingerprint density at radius 2 is 1.75 bits per heavy atom. The van der Waals surface area contributed by atoms with Crippen molar-refractivity contribution in [2.24, 2.45) is 0 Å². The standard InChI is InChI=1S/C18H18N6O4/c1-25-13-7-12(10-20-16(13)26-2)23-18-19-4-3-15(24-18)22-11-8-14-17(21-9-11)28-6-5-27-14/h3-4,7-10H,5-6H2,1-2H3,(H2,19,22,23,24). The van der Waals surface area contributed by atoms with Crippen LogP contribution in [0, 0.1) is 0 Å². The molecule has 4 rings (SSSR count). The van der Waals surface area contributed by atoms with E-state index in [0.717, 1.165) is 5.69 Å². The summed E-state index contributed by atoms with van der Waals surface area (Å²) in [6.45, 7) is 0.998. The van der Waals surface area contributed by atoms with E-state index >= 15 is 0 Å². The van der Waals surface area contributed by atoms with Gasteiger partial charge in [0.05, 0.1) is 38.0 Å². The molecule has 0 amide bonds. The molecule has 144 valence electrons. The summed E-state index contributed by atoms with van der Waals surface area (Å²) < 4.78 is 21.4. The predicted octanol–water partition coefficient (Wildman–Crippen LogP) is 2.54. The lowest BCUT2D eigenvalue weighted by Crippen LogP contribution is -2.16. The van der Waals surface area contributed by atoms with Gasteiger partial charge in [0.15, 0.2) is 11.5 Å². The van der Waals surface area contributed by atoms with Crippen molar-refractivity contribution in [3.8, 4) is 23.3 Å². The van der Waals surface area contributed by atoms with Crippen LogP contribution in [0.2, 0.25) is 0 Å². The van der Waals surface area contributed by atoms with Gasteiger partial charge in [0.2, 0.25) is 5.95 Å². The summed E-state index contributed by atoms with van der Waals surface area (Å²) in [5.41, 5.74) is 1.39. The first-order valence-electron chi connectivity index (χ1n) is 8.46. The highest BCUT2D eigenvalue weighted by molar-refractivity contribution is 5.61. The van der Waals surface area contributed by atoms with Crippen molar-refractivity contribution in [1.29, 1.82) is 0 Å². The van der Waals surface area contributed by atoms with Crippen LogP contribution in [0.1, 0.15) is 0 Å². The molecule has 0 saturated heterocycles. The van der Waals surface area contributed by atoms with Crippen LogP contribution < -0.4 is 29.6 Å². The maximum atomic E-state index is 5.54. The minimum atomic E-state index is 0.393. The third kappa shape index (κ3) is 3.80. The molecule has 2 N–H and O–H groups in total. The molecule has 0 atom stereocenters. The van der Waals surface area contributed by atoms with Gasteiger partial charge in [-0.05, 0) is 6.07 Å². The minimum absolute atomic E-state index is 0.393. The number of ether oxygens (including phenoxy) is 4. The van der Waals surface area contributed by atoms with Crippen LogP contribution in [0.15, 0.2) is 36.8 Å². The van der Waals surface area contributed by atoms with Crippen LogP contribution in [-0.2, 0) is 0 Å². The lowest BCUT2D eigenvalue weighted by molar-refractivity contribution is 0.164. The van der Waals surface area contributed by atoms with E-state index < -0.39 is 0 Å². The summed E-state index contributed by atoms with van der Waals surface area (Å²) in [5.74, 6) is 2.97. The highest BCUT2D eigenvalue weighted by atomic mass is 16.6. The summed E-state index contributed by atoms with van der Waals surface area (Å²) in [6.07, 6.45) is 4.90. The molecule has 0 aliphatic carbocycles. The van der Waals surface area contributed by atoms with E-state index in [1.165, 1.54) is 7.11 Å². The summed E-state index contributed by atoms with van der Waals surface area (Å²) in [6, 6.07) is 5.31. The third-order valence-electron chi connectivity index (χ3n) is 3.81. The van der Waals surface area contributed by atoms with Gasteiger partial charge in [-0.3, -0.25) is 0 Å². The molecule has 0 radical (unpaired) electrons. The van der Waals surface area contributed by atoms with Crippen LogP contribution in [0.25, 0.3) is 0 Å². The van der Waals surface area contributed by atoms with E-state index in [9.17, 15) is 0 Å². The van der Waals surface area contributed by atoms with E-state index in [4.69, 9.17) is 18.9 Å². The molecular formula is C18H18N6O4. The number of nitrogens with zero attached hydrogens (tertiary/aromatic N) is 4. The number of pyridine rings is 2. The number of hydrogen-bond donors (Lipinski definition) is 2. The monoisotopic (exact) mass is 382 g/mol. The van der Waals surface area contributed by atoms with Gasteiger partial charge >= 0.3 is 0 Å². The van der Waals surface area contributed by atoms with Gasteiger partial charge in [-0.25, -0.2) is 15.0 Å². The van der Waals surface area contributed by atoms with Crippen molar-refractivity contribution >= 4 is 23.1 Å². The van der Waals surface area contributed by atoms with Crippen molar-refractivity contribution in [1.82, 2.24) is 19.9 Å². The van der Waals surface area contributed by atoms with E-state index in [-0.39, 0.29) is 0 Å². The smallest absolute Gasteiger partial charge is 0.257 e.